The standard InChI is InChI=1S/C19H17FN4O2/c20-15-6-3-5-14-17(15)21-12-22-18(14)23-8-10-24(11-9-23)19(26)13-4-1-2-7-16(13)25/h1-7,12,25H,8-11H2. The summed E-state index contributed by atoms with van der Waals surface area (Å²) in [7, 11) is 0. The van der Waals surface area contributed by atoms with Crippen LogP contribution in [0.4, 0.5) is 10.2 Å². The van der Waals surface area contributed by atoms with E-state index in [2.05, 4.69) is 9.97 Å². The minimum atomic E-state index is -0.375. The first kappa shape index (κ1) is 16.3. The second kappa shape index (κ2) is 6.59. The lowest BCUT2D eigenvalue weighted by molar-refractivity contribution is 0.0743. The molecule has 0 bridgehead atoms. The van der Waals surface area contributed by atoms with Crippen LogP contribution in [-0.4, -0.2) is 52.1 Å². The van der Waals surface area contributed by atoms with Crippen LogP contribution in [0.15, 0.2) is 48.8 Å². The van der Waals surface area contributed by atoms with Gasteiger partial charge in [-0.15, -0.1) is 0 Å². The molecular formula is C19H17FN4O2. The molecule has 132 valence electrons. The smallest absolute Gasteiger partial charge is 0.257 e. The molecule has 7 heteroatoms. The van der Waals surface area contributed by atoms with Crippen molar-refractivity contribution >= 4 is 22.6 Å². The molecule has 1 aliphatic heterocycles. The summed E-state index contributed by atoms with van der Waals surface area (Å²) in [5, 5.41) is 10.5. The number of rotatable bonds is 2. The van der Waals surface area contributed by atoms with Crippen LogP contribution in [0, 0.1) is 5.82 Å². The van der Waals surface area contributed by atoms with Crippen molar-refractivity contribution in [2.75, 3.05) is 31.1 Å². The summed E-state index contributed by atoms with van der Waals surface area (Å²) in [6.07, 6.45) is 1.36. The molecule has 2 aromatic carbocycles. The number of benzene rings is 2. The molecule has 0 radical (unpaired) electrons. The third-order valence-electron chi connectivity index (χ3n) is 4.60. The van der Waals surface area contributed by atoms with Crippen molar-refractivity contribution in [3.05, 3.63) is 60.2 Å². The molecule has 6 nitrogen and oxygen atoms in total. The molecule has 26 heavy (non-hydrogen) atoms. The average Bonchev–Trinajstić information content (AvgIpc) is 2.68. The minimum Gasteiger partial charge on any atom is -0.507 e. The van der Waals surface area contributed by atoms with Crippen molar-refractivity contribution in [1.82, 2.24) is 14.9 Å². The van der Waals surface area contributed by atoms with Gasteiger partial charge in [0.2, 0.25) is 0 Å². The van der Waals surface area contributed by atoms with Gasteiger partial charge in [0.25, 0.3) is 5.91 Å². The molecule has 1 aromatic heterocycles. The zero-order valence-corrected chi connectivity index (χ0v) is 14.0. The van der Waals surface area contributed by atoms with E-state index in [1.54, 1.807) is 35.2 Å². The Morgan fingerprint density at radius 3 is 2.54 bits per heavy atom. The van der Waals surface area contributed by atoms with Gasteiger partial charge in [0, 0.05) is 31.6 Å². The summed E-state index contributed by atoms with van der Waals surface area (Å²) in [4.78, 5) is 24.7. The molecule has 1 N–H and O–H groups in total. The van der Waals surface area contributed by atoms with Gasteiger partial charge in [-0.3, -0.25) is 4.79 Å². The molecule has 3 aromatic rings. The Morgan fingerprint density at radius 1 is 1.00 bits per heavy atom. The van der Waals surface area contributed by atoms with E-state index in [0.717, 1.165) is 0 Å². The number of piperazine rings is 1. The SMILES string of the molecule is O=C(c1ccccc1O)N1CCN(c2ncnc3c(F)cccc23)CC1. The topological polar surface area (TPSA) is 69.6 Å². The predicted molar refractivity (Wildman–Crippen MR) is 95.7 cm³/mol. The Morgan fingerprint density at radius 2 is 1.77 bits per heavy atom. The molecule has 1 fully saturated rings. The molecule has 4 rings (SSSR count). The maximum absolute atomic E-state index is 13.9. The number of carbonyl (C=O) groups is 1. The summed E-state index contributed by atoms with van der Waals surface area (Å²) in [6.45, 7) is 2.13. The third-order valence-corrected chi connectivity index (χ3v) is 4.60. The highest BCUT2D eigenvalue weighted by Crippen LogP contribution is 2.26. The number of hydrogen-bond donors (Lipinski definition) is 1. The zero-order chi connectivity index (χ0) is 18.1. The Bertz CT molecular complexity index is 971. The van der Waals surface area contributed by atoms with Crippen LogP contribution in [0.5, 0.6) is 5.75 Å². The largest absolute Gasteiger partial charge is 0.507 e. The van der Waals surface area contributed by atoms with E-state index in [-0.39, 0.29) is 17.5 Å². The predicted octanol–water partition coefficient (Wildman–Crippen LogP) is 2.44. The number of amides is 1. The fourth-order valence-electron chi connectivity index (χ4n) is 3.24. The van der Waals surface area contributed by atoms with Crippen molar-refractivity contribution in [1.29, 1.82) is 0 Å². The van der Waals surface area contributed by atoms with Gasteiger partial charge >= 0.3 is 0 Å². The maximum Gasteiger partial charge on any atom is 0.257 e. The fraction of sp³-hybridized carbons (Fsp3) is 0.211. The van der Waals surface area contributed by atoms with Crippen molar-refractivity contribution < 1.29 is 14.3 Å². The van der Waals surface area contributed by atoms with Gasteiger partial charge in [-0.25, -0.2) is 14.4 Å². The Balaban J connectivity index is 1.54. The molecule has 1 saturated heterocycles. The van der Waals surface area contributed by atoms with E-state index in [0.29, 0.717) is 48.5 Å². The Labute approximate surface area is 149 Å². The number of anilines is 1. The van der Waals surface area contributed by atoms with E-state index in [1.165, 1.54) is 18.5 Å². The Kier molecular flexibility index (Phi) is 4.12. The summed E-state index contributed by atoms with van der Waals surface area (Å²) < 4.78 is 13.9. The summed E-state index contributed by atoms with van der Waals surface area (Å²) in [5.41, 5.74) is 0.598. The number of carbonyl (C=O) groups excluding carboxylic acids is 1. The molecule has 2 heterocycles. The minimum absolute atomic E-state index is 0.0165. The lowest BCUT2D eigenvalue weighted by atomic mass is 10.1. The average molecular weight is 352 g/mol. The van der Waals surface area contributed by atoms with Crippen LogP contribution in [0.3, 0.4) is 0 Å². The van der Waals surface area contributed by atoms with Crippen LogP contribution in [0.25, 0.3) is 10.9 Å². The highest BCUT2D eigenvalue weighted by atomic mass is 19.1. The second-order valence-electron chi connectivity index (χ2n) is 6.13. The first-order chi connectivity index (χ1) is 12.6. The van der Waals surface area contributed by atoms with Gasteiger partial charge in [-0.2, -0.15) is 0 Å². The fourth-order valence-corrected chi connectivity index (χ4v) is 3.24. The number of halogens is 1. The van der Waals surface area contributed by atoms with Gasteiger partial charge in [-0.05, 0) is 24.3 Å². The van der Waals surface area contributed by atoms with Crippen molar-refractivity contribution in [3.63, 3.8) is 0 Å². The summed E-state index contributed by atoms with van der Waals surface area (Å²) >= 11 is 0. The lowest BCUT2D eigenvalue weighted by Crippen LogP contribution is -2.49. The molecule has 0 spiro atoms. The zero-order valence-electron chi connectivity index (χ0n) is 14.0. The number of fused-ring (bicyclic) bond motifs is 1. The monoisotopic (exact) mass is 352 g/mol. The van der Waals surface area contributed by atoms with E-state index in [9.17, 15) is 14.3 Å². The van der Waals surface area contributed by atoms with Gasteiger partial charge in [-0.1, -0.05) is 18.2 Å². The van der Waals surface area contributed by atoms with Gasteiger partial charge in [0.15, 0.2) is 0 Å². The number of nitrogens with zero attached hydrogens (tertiary/aromatic N) is 4. The number of para-hydroxylation sites is 2. The van der Waals surface area contributed by atoms with Crippen molar-refractivity contribution in [2.24, 2.45) is 0 Å². The highest BCUT2D eigenvalue weighted by Gasteiger charge is 2.25. The van der Waals surface area contributed by atoms with Crippen LogP contribution >= 0.6 is 0 Å². The van der Waals surface area contributed by atoms with E-state index in [1.807, 2.05) is 4.90 Å². The number of phenols is 1. The van der Waals surface area contributed by atoms with Gasteiger partial charge < -0.3 is 14.9 Å². The number of aromatic nitrogens is 2. The molecule has 0 aliphatic carbocycles. The second-order valence-corrected chi connectivity index (χ2v) is 6.13. The summed E-state index contributed by atoms with van der Waals surface area (Å²) in [6, 6.07) is 11.3. The maximum atomic E-state index is 13.9. The van der Waals surface area contributed by atoms with Crippen LogP contribution in [0.2, 0.25) is 0 Å². The third kappa shape index (κ3) is 2.81. The normalized spacial score (nSPS) is 14.7. The van der Waals surface area contributed by atoms with E-state index in [4.69, 9.17) is 0 Å². The number of hydrogen-bond acceptors (Lipinski definition) is 5. The number of aromatic hydroxyl groups is 1. The van der Waals surface area contributed by atoms with Crippen LogP contribution in [-0.2, 0) is 0 Å². The molecule has 0 atom stereocenters. The van der Waals surface area contributed by atoms with Crippen molar-refractivity contribution in [3.8, 4) is 5.75 Å². The lowest BCUT2D eigenvalue weighted by Gasteiger charge is -2.35. The first-order valence-electron chi connectivity index (χ1n) is 8.36. The first-order valence-corrected chi connectivity index (χ1v) is 8.36. The van der Waals surface area contributed by atoms with Gasteiger partial charge in [0.05, 0.1) is 5.56 Å². The van der Waals surface area contributed by atoms with Gasteiger partial charge in [0.1, 0.15) is 29.2 Å². The quantitative estimate of drug-likeness (QED) is 0.767. The van der Waals surface area contributed by atoms with Crippen molar-refractivity contribution in [2.45, 2.75) is 0 Å². The highest BCUT2D eigenvalue weighted by molar-refractivity contribution is 5.97. The Hall–Kier alpha value is -3.22. The van der Waals surface area contributed by atoms with E-state index < -0.39 is 0 Å². The molecule has 1 aliphatic rings. The van der Waals surface area contributed by atoms with Crippen LogP contribution in [0.1, 0.15) is 10.4 Å². The summed E-state index contributed by atoms with van der Waals surface area (Å²) in [5.74, 6) is 0.0854. The molecule has 0 saturated carbocycles. The number of phenolic OH excluding ortho intramolecular Hbond substituents is 1. The molecular weight excluding hydrogens is 335 g/mol. The molecule has 0 unspecified atom stereocenters. The van der Waals surface area contributed by atoms with Crippen LogP contribution < -0.4 is 4.90 Å². The van der Waals surface area contributed by atoms with E-state index >= 15 is 0 Å². The molecule has 1 amide bonds.